The molecule has 0 unspecified atom stereocenters. The number of halogens is 3. The summed E-state index contributed by atoms with van der Waals surface area (Å²) in [5, 5.41) is 0. The average molecular weight is 473 g/mol. The summed E-state index contributed by atoms with van der Waals surface area (Å²) in [5.74, 6) is 1.16. The van der Waals surface area contributed by atoms with E-state index < -0.39 is 11.9 Å². The highest BCUT2D eigenvalue weighted by Gasteiger charge is 2.32. The van der Waals surface area contributed by atoms with E-state index in [1.165, 1.54) is 6.20 Å². The fraction of sp³-hybridized carbons (Fsp3) is 0.480. The first kappa shape index (κ1) is 22.8. The summed E-state index contributed by atoms with van der Waals surface area (Å²) in [4.78, 5) is 14.9. The third kappa shape index (κ3) is 5.24. The lowest BCUT2D eigenvalue weighted by molar-refractivity contribution is -0.141. The zero-order chi connectivity index (χ0) is 23.5. The van der Waals surface area contributed by atoms with Crippen LogP contribution in [0.2, 0.25) is 0 Å². The number of hydrogen-bond acceptors (Lipinski definition) is 6. The van der Waals surface area contributed by atoms with E-state index in [1.807, 2.05) is 0 Å². The SMILES string of the molecule is FC(F)(F)c1ccc(CC2CCC(Oc3cc(N4CCOCC4)cc4nccnc34)CC2)cn1. The highest BCUT2D eigenvalue weighted by molar-refractivity contribution is 5.85. The number of nitrogens with zero attached hydrogens (tertiary/aromatic N) is 4. The molecule has 0 spiro atoms. The Labute approximate surface area is 196 Å². The Morgan fingerprint density at radius 3 is 2.44 bits per heavy atom. The average Bonchev–Trinajstić information content (AvgIpc) is 2.85. The van der Waals surface area contributed by atoms with Gasteiger partial charge in [-0.25, -0.2) is 4.98 Å². The molecule has 1 aliphatic heterocycles. The maximum Gasteiger partial charge on any atom is 0.433 e. The summed E-state index contributed by atoms with van der Waals surface area (Å²) < 4.78 is 50.1. The van der Waals surface area contributed by atoms with E-state index >= 15 is 0 Å². The first-order chi connectivity index (χ1) is 16.5. The van der Waals surface area contributed by atoms with Gasteiger partial charge in [-0.05, 0) is 55.7 Å². The van der Waals surface area contributed by atoms with Crippen LogP contribution in [-0.4, -0.2) is 47.4 Å². The van der Waals surface area contributed by atoms with Crippen LogP contribution in [-0.2, 0) is 17.3 Å². The predicted octanol–water partition coefficient (Wildman–Crippen LogP) is 5.06. The van der Waals surface area contributed by atoms with Gasteiger partial charge < -0.3 is 14.4 Å². The van der Waals surface area contributed by atoms with Crippen molar-refractivity contribution in [1.82, 2.24) is 15.0 Å². The van der Waals surface area contributed by atoms with Crippen molar-refractivity contribution >= 4 is 16.7 Å². The third-order valence-electron chi connectivity index (χ3n) is 6.63. The molecule has 34 heavy (non-hydrogen) atoms. The van der Waals surface area contributed by atoms with Gasteiger partial charge >= 0.3 is 6.18 Å². The van der Waals surface area contributed by atoms with Gasteiger partial charge in [0.25, 0.3) is 0 Å². The number of aromatic nitrogens is 3. The van der Waals surface area contributed by atoms with E-state index in [0.29, 0.717) is 19.1 Å². The van der Waals surface area contributed by atoms with Gasteiger partial charge in [0.1, 0.15) is 17.0 Å². The molecular formula is C25H27F3N4O2. The van der Waals surface area contributed by atoms with Crippen molar-refractivity contribution < 1.29 is 22.6 Å². The van der Waals surface area contributed by atoms with Crippen LogP contribution in [0.1, 0.15) is 36.9 Å². The summed E-state index contributed by atoms with van der Waals surface area (Å²) in [7, 11) is 0. The lowest BCUT2D eigenvalue weighted by atomic mass is 9.83. The van der Waals surface area contributed by atoms with E-state index in [4.69, 9.17) is 9.47 Å². The van der Waals surface area contributed by atoms with Gasteiger partial charge in [-0.2, -0.15) is 13.2 Å². The molecule has 0 atom stereocenters. The minimum atomic E-state index is -4.40. The molecule has 180 valence electrons. The molecular weight excluding hydrogens is 445 g/mol. The van der Waals surface area contributed by atoms with Crippen molar-refractivity contribution in [3.63, 3.8) is 0 Å². The number of alkyl halides is 3. The Morgan fingerprint density at radius 1 is 0.971 bits per heavy atom. The fourth-order valence-electron chi connectivity index (χ4n) is 4.80. The first-order valence-electron chi connectivity index (χ1n) is 11.7. The summed E-state index contributed by atoms with van der Waals surface area (Å²) in [6.07, 6.45) is 4.83. The quantitative estimate of drug-likeness (QED) is 0.517. The van der Waals surface area contributed by atoms with Crippen molar-refractivity contribution in [1.29, 1.82) is 0 Å². The van der Waals surface area contributed by atoms with Crippen LogP contribution in [0.3, 0.4) is 0 Å². The molecule has 2 aliphatic rings. The van der Waals surface area contributed by atoms with Gasteiger partial charge in [-0.15, -0.1) is 0 Å². The number of pyridine rings is 1. The number of morpholine rings is 1. The van der Waals surface area contributed by atoms with Crippen molar-refractivity contribution in [3.05, 3.63) is 54.1 Å². The van der Waals surface area contributed by atoms with Crippen molar-refractivity contribution in [3.8, 4) is 5.75 Å². The largest absolute Gasteiger partial charge is 0.488 e. The number of benzene rings is 1. The van der Waals surface area contributed by atoms with Crippen LogP contribution in [0.15, 0.2) is 42.9 Å². The molecule has 1 aromatic carbocycles. The normalized spacial score (nSPS) is 21.6. The standard InChI is InChI=1S/C25H27F3N4O2/c26-25(27,28)23-6-3-18(16-31-23)13-17-1-4-20(5-2-17)34-22-15-19(32-9-11-33-12-10-32)14-21-24(22)30-8-7-29-21/h3,6-8,14-17,20H,1-2,4-5,9-13H2. The Hall–Kier alpha value is -2.94. The molecule has 0 radical (unpaired) electrons. The van der Waals surface area contributed by atoms with Crippen LogP contribution in [0.25, 0.3) is 11.0 Å². The van der Waals surface area contributed by atoms with Gasteiger partial charge in [0.15, 0.2) is 0 Å². The Kier molecular flexibility index (Phi) is 6.54. The summed E-state index contributed by atoms with van der Waals surface area (Å²) in [6.45, 7) is 3.06. The van der Waals surface area contributed by atoms with Crippen LogP contribution < -0.4 is 9.64 Å². The smallest absolute Gasteiger partial charge is 0.433 e. The minimum absolute atomic E-state index is 0.0760. The lowest BCUT2D eigenvalue weighted by Gasteiger charge is -2.31. The molecule has 3 heterocycles. The molecule has 6 nitrogen and oxygen atoms in total. The molecule has 1 saturated heterocycles. The van der Waals surface area contributed by atoms with Crippen molar-refractivity contribution in [2.24, 2.45) is 5.92 Å². The maximum atomic E-state index is 12.7. The predicted molar refractivity (Wildman–Crippen MR) is 122 cm³/mol. The molecule has 2 fully saturated rings. The second-order valence-electron chi connectivity index (χ2n) is 8.98. The lowest BCUT2D eigenvalue weighted by Crippen LogP contribution is -2.36. The number of hydrogen-bond donors (Lipinski definition) is 0. The minimum Gasteiger partial charge on any atom is -0.488 e. The molecule has 9 heteroatoms. The summed E-state index contributed by atoms with van der Waals surface area (Å²) in [5.41, 5.74) is 2.64. The van der Waals surface area contributed by atoms with Gasteiger partial charge in [0.2, 0.25) is 0 Å². The molecule has 3 aromatic rings. The highest BCUT2D eigenvalue weighted by atomic mass is 19.4. The number of fused-ring (bicyclic) bond motifs is 1. The molecule has 1 saturated carbocycles. The van der Waals surface area contributed by atoms with E-state index in [2.05, 4.69) is 32.0 Å². The van der Waals surface area contributed by atoms with Crippen molar-refractivity contribution in [2.45, 2.75) is 44.4 Å². The van der Waals surface area contributed by atoms with E-state index in [9.17, 15) is 13.2 Å². The zero-order valence-corrected chi connectivity index (χ0v) is 18.8. The van der Waals surface area contributed by atoms with E-state index in [-0.39, 0.29) is 6.10 Å². The monoisotopic (exact) mass is 472 g/mol. The molecule has 0 bridgehead atoms. The third-order valence-corrected chi connectivity index (χ3v) is 6.63. The first-order valence-corrected chi connectivity index (χ1v) is 11.7. The summed E-state index contributed by atoms with van der Waals surface area (Å²) >= 11 is 0. The highest BCUT2D eigenvalue weighted by Crippen LogP contribution is 2.35. The van der Waals surface area contributed by atoms with Crippen LogP contribution >= 0.6 is 0 Å². The van der Waals surface area contributed by atoms with Gasteiger partial charge in [0.05, 0.1) is 24.8 Å². The second-order valence-corrected chi connectivity index (χ2v) is 8.98. The second kappa shape index (κ2) is 9.74. The molecule has 0 N–H and O–H groups in total. The van der Waals surface area contributed by atoms with Gasteiger partial charge in [0, 0.05) is 43.4 Å². The maximum absolute atomic E-state index is 12.7. The topological polar surface area (TPSA) is 60.4 Å². The van der Waals surface area contributed by atoms with Crippen LogP contribution in [0, 0.1) is 5.92 Å². The Bertz CT molecular complexity index is 1110. The number of rotatable bonds is 5. The van der Waals surface area contributed by atoms with Gasteiger partial charge in [-0.3, -0.25) is 9.97 Å². The molecule has 1 aliphatic carbocycles. The van der Waals surface area contributed by atoms with Crippen LogP contribution in [0.5, 0.6) is 5.75 Å². The van der Waals surface area contributed by atoms with E-state index in [0.717, 1.165) is 79.3 Å². The molecule has 5 rings (SSSR count). The van der Waals surface area contributed by atoms with Crippen LogP contribution in [0.4, 0.5) is 18.9 Å². The van der Waals surface area contributed by atoms with Gasteiger partial charge in [-0.1, -0.05) is 6.07 Å². The molecule has 0 amide bonds. The van der Waals surface area contributed by atoms with Crippen molar-refractivity contribution in [2.75, 3.05) is 31.2 Å². The fourth-order valence-corrected chi connectivity index (χ4v) is 4.80. The number of ether oxygens (including phenoxy) is 2. The molecule has 2 aromatic heterocycles. The number of anilines is 1. The zero-order valence-electron chi connectivity index (χ0n) is 18.8. The van der Waals surface area contributed by atoms with E-state index in [1.54, 1.807) is 18.5 Å². The Balaban J connectivity index is 1.23. The summed E-state index contributed by atoms with van der Waals surface area (Å²) in [6, 6.07) is 6.72. The Morgan fingerprint density at radius 2 is 1.74 bits per heavy atom.